The number of hydrogen-bond acceptors (Lipinski definition) is 3. The SMILES string of the molecule is CCCCc1cc(OC)c2c(c1)nnn2C. The van der Waals surface area contributed by atoms with Crippen LogP contribution in [0.1, 0.15) is 25.3 Å². The summed E-state index contributed by atoms with van der Waals surface area (Å²) in [6.07, 6.45) is 3.45. The van der Waals surface area contributed by atoms with Gasteiger partial charge in [-0.15, -0.1) is 5.10 Å². The standard InChI is InChI=1S/C12H17N3O/c1-4-5-6-9-7-10-12(11(8-9)16-3)15(2)14-13-10/h7-8H,4-6H2,1-3H3. The summed E-state index contributed by atoms with van der Waals surface area (Å²) >= 11 is 0. The zero-order valence-electron chi connectivity index (χ0n) is 10.0. The molecule has 1 heterocycles. The molecule has 1 aromatic heterocycles. The Morgan fingerprint density at radius 2 is 2.19 bits per heavy atom. The summed E-state index contributed by atoms with van der Waals surface area (Å²) < 4.78 is 7.13. The molecule has 0 aliphatic carbocycles. The zero-order valence-corrected chi connectivity index (χ0v) is 10.0. The maximum absolute atomic E-state index is 5.39. The van der Waals surface area contributed by atoms with E-state index in [-0.39, 0.29) is 0 Å². The normalized spacial score (nSPS) is 10.9. The van der Waals surface area contributed by atoms with Crippen LogP contribution in [0, 0.1) is 0 Å². The molecule has 0 amide bonds. The van der Waals surface area contributed by atoms with Crippen LogP contribution in [0.25, 0.3) is 11.0 Å². The Labute approximate surface area is 95.2 Å². The van der Waals surface area contributed by atoms with Crippen LogP contribution in [-0.4, -0.2) is 22.1 Å². The lowest BCUT2D eigenvalue weighted by molar-refractivity contribution is 0.416. The Hall–Kier alpha value is -1.58. The molecular weight excluding hydrogens is 202 g/mol. The molecule has 86 valence electrons. The highest BCUT2D eigenvalue weighted by atomic mass is 16.5. The first kappa shape index (κ1) is 10.9. The average Bonchev–Trinajstić information content (AvgIpc) is 2.67. The second-order valence-electron chi connectivity index (χ2n) is 3.98. The van der Waals surface area contributed by atoms with E-state index in [0.29, 0.717) is 0 Å². The fourth-order valence-corrected chi connectivity index (χ4v) is 1.89. The smallest absolute Gasteiger partial charge is 0.146 e. The first-order chi connectivity index (χ1) is 7.76. The number of nitrogens with zero attached hydrogens (tertiary/aromatic N) is 3. The number of aromatic nitrogens is 3. The number of benzene rings is 1. The van der Waals surface area contributed by atoms with Crippen LogP contribution in [-0.2, 0) is 13.5 Å². The molecule has 2 rings (SSSR count). The second-order valence-corrected chi connectivity index (χ2v) is 3.98. The van der Waals surface area contributed by atoms with Crippen molar-refractivity contribution in [2.75, 3.05) is 7.11 Å². The van der Waals surface area contributed by atoms with Crippen molar-refractivity contribution in [1.82, 2.24) is 15.0 Å². The van der Waals surface area contributed by atoms with E-state index in [1.807, 2.05) is 7.05 Å². The molecule has 4 heteroatoms. The summed E-state index contributed by atoms with van der Waals surface area (Å²) in [5.74, 6) is 0.858. The zero-order chi connectivity index (χ0) is 11.5. The number of hydrogen-bond donors (Lipinski definition) is 0. The van der Waals surface area contributed by atoms with Gasteiger partial charge < -0.3 is 4.74 Å². The van der Waals surface area contributed by atoms with Gasteiger partial charge in [0, 0.05) is 7.05 Å². The largest absolute Gasteiger partial charge is 0.494 e. The summed E-state index contributed by atoms with van der Waals surface area (Å²) in [5.41, 5.74) is 3.14. The highest BCUT2D eigenvalue weighted by molar-refractivity contribution is 5.82. The van der Waals surface area contributed by atoms with Gasteiger partial charge in [0.05, 0.1) is 7.11 Å². The Kier molecular flexibility index (Phi) is 3.08. The number of fused-ring (bicyclic) bond motifs is 1. The molecule has 0 saturated carbocycles. The molecule has 0 aliphatic heterocycles. The quantitative estimate of drug-likeness (QED) is 0.792. The summed E-state index contributed by atoms with van der Waals surface area (Å²) in [4.78, 5) is 0. The van der Waals surface area contributed by atoms with Crippen molar-refractivity contribution >= 4 is 11.0 Å². The maximum atomic E-state index is 5.39. The van der Waals surface area contributed by atoms with Crippen LogP contribution in [0.4, 0.5) is 0 Å². The molecule has 0 saturated heterocycles. The van der Waals surface area contributed by atoms with E-state index in [0.717, 1.165) is 23.2 Å². The average molecular weight is 219 g/mol. The summed E-state index contributed by atoms with van der Waals surface area (Å²) in [7, 11) is 3.56. The number of ether oxygens (including phenoxy) is 1. The predicted octanol–water partition coefficient (Wildman–Crippen LogP) is 2.32. The highest BCUT2D eigenvalue weighted by Crippen LogP contribution is 2.26. The van der Waals surface area contributed by atoms with Crippen LogP contribution in [0.3, 0.4) is 0 Å². The van der Waals surface area contributed by atoms with Crippen molar-refractivity contribution in [3.63, 3.8) is 0 Å². The molecule has 0 radical (unpaired) electrons. The van der Waals surface area contributed by atoms with E-state index in [1.54, 1.807) is 11.8 Å². The third-order valence-corrected chi connectivity index (χ3v) is 2.76. The monoisotopic (exact) mass is 219 g/mol. The number of unbranched alkanes of at least 4 members (excludes halogenated alkanes) is 1. The van der Waals surface area contributed by atoms with E-state index in [2.05, 4.69) is 29.4 Å². The Morgan fingerprint density at radius 1 is 1.38 bits per heavy atom. The third kappa shape index (κ3) is 1.87. The summed E-state index contributed by atoms with van der Waals surface area (Å²) in [6, 6.07) is 4.18. The molecule has 0 fully saturated rings. The molecule has 0 aliphatic rings. The van der Waals surface area contributed by atoms with E-state index in [9.17, 15) is 0 Å². The van der Waals surface area contributed by atoms with Gasteiger partial charge in [-0.1, -0.05) is 18.6 Å². The van der Waals surface area contributed by atoms with Gasteiger partial charge in [0.15, 0.2) is 0 Å². The Morgan fingerprint density at radius 3 is 2.88 bits per heavy atom. The van der Waals surface area contributed by atoms with Crippen molar-refractivity contribution in [3.8, 4) is 5.75 Å². The third-order valence-electron chi connectivity index (χ3n) is 2.76. The van der Waals surface area contributed by atoms with E-state index in [1.165, 1.54) is 18.4 Å². The van der Waals surface area contributed by atoms with Gasteiger partial charge in [0.2, 0.25) is 0 Å². The van der Waals surface area contributed by atoms with E-state index < -0.39 is 0 Å². The molecule has 0 N–H and O–H groups in total. The van der Waals surface area contributed by atoms with Crippen molar-refractivity contribution in [2.45, 2.75) is 26.2 Å². The summed E-state index contributed by atoms with van der Waals surface area (Å²) in [6.45, 7) is 2.19. The lowest BCUT2D eigenvalue weighted by Crippen LogP contribution is -1.94. The Bertz CT molecular complexity index is 490. The van der Waals surface area contributed by atoms with Gasteiger partial charge in [0.1, 0.15) is 16.8 Å². The molecule has 0 unspecified atom stereocenters. The number of rotatable bonds is 4. The van der Waals surface area contributed by atoms with Crippen molar-refractivity contribution in [3.05, 3.63) is 17.7 Å². The molecule has 0 atom stereocenters. The van der Waals surface area contributed by atoms with Gasteiger partial charge in [-0.05, 0) is 30.5 Å². The molecule has 2 aromatic rings. The fourth-order valence-electron chi connectivity index (χ4n) is 1.89. The molecule has 0 spiro atoms. The topological polar surface area (TPSA) is 39.9 Å². The van der Waals surface area contributed by atoms with Gasteiger partial charge >= 0.3 is 0 Å². The second kappa shape index (κ2) is 4.51. The fraction of sp³-hybridized carbons (Fsp3) is 0.500. The van der Waals surface area contributed by atoms with Gasteiger partial charge in [-0.25, -0.2) is 4.68 Å². The lowest BCUT2D eigenvalue weighted by atomic mass is 10.1. The van der Waals surface area contributed by atoms with E-state index >= 15 is 0 Å². The first-order valence-electron chi connectivity index (χ1n) is 5.62. The minimum Gasteiger partial charge on any atom is -0.494 e. The van der Waals surface area contributed by atoms with Crippen LogP contribution in [0.5, 0.6) is 5.75 Å². The van der Waals surface area contributed by atoms with Crippen LogP contribution in [0.2, 0.25) is 0 Å². The molecule has 4 nitrogen and oxygen atoms in total. The Balaban J connectivity index is 2.47. The first-order valence-corrected chi connectivity index (χ1v) is 5.62. The van der Waals surface area contributed by atoms with Crippen LogP contribution >= 0.6 is 0 Å². The van der Waals surface area contributed by atoms with Crippen molar-refractivity contribution < 1.29 is 4.74 Å². The van der Waals surface area contributed by atoms with Crippen LogP contribution < -0.4 is 4.74 Å². The van der Waals surface area contributed by atoms with Gasteiger partial charge in [0.25, 0.3) is 0 Å². The predicted molar refractivity (Wildman–Crippen MR) is 63.7 cm³/mol. The lowest BCUT2D eigenvalue weighted by Gasteiger charge is -2.06. The van der Waals surface area contributed by atoms with Gasteiger partial charge in [-0.2, -0.15) is 0 Å². The minimum absolute atomic E-state index is 0.858. The summed E-state index contributed by atoms with van der Waals surface area (Å²) in [5, 5.41) is 8.14. The van der Waals surface area contributed by atoms with Crippen molar-refractivity contribution in [1.29, 1.82) is 0 Å². The number of aryl methyl sites for hydroxylation is 2. The molecular formula is C12H17N3O. The molecule has 1 aromatic carbocycles. The minimum atomic E-state index is 0.858. The molecule has 0 bridgehead atoms. The van der Waals surface area contributed by atoms with Crippen LogP contribution in [0.15, 0.2) is 12.1 Å². The number of methoxy groups -OCH3 is 1. The maximum Gasteiger partial charge on any atom is 0.146 e. The highest BCUT2D eigenvalue weighted by Gasteiger charge is 2.09. The molecule has 16 heavy (non-hydrogen) atoms. The van der Waals surface area contributed by atoms with Gasteiger partial charge in [-0.3, -0.25) is 0 Å². The van der Waals surface area contributed by atoms with Crippen molar-refractivity contribution in [2.24, 2.45) is 7.05 Å². The van der Waals surface area contributed by atoms with E-state index in [4.69, 9.17) is 4.74 Å².